The van der Waals surface area contributed by atoms with Gasteiger partial charge in [0, 0.05) is 16.8 Å². The molecule has 2 aromatic rings. The minimum Gasteiger partial charge on any atom is -0.302 e. The molecule has 1 aromatic heterocycles. The number of fused-ring (bicyclic) bond motifs is 1. The van der Waals surface area contributed by atoms with Crippen molar-refractivity contribution >= 4 is 60.1 Å². The van der Waals surface area contributed by atoms with Gasteiger partial charge in [0.2, 0.25) is 5.91 Å². The van der Waals surface area contributed by atoms with Crippen molar-refractivity contribution in [1.29, 1.82) is 0 Å². The van der Waals surface area contributed by atoms with E-state index in [2.05, 4.69) is 46.1 Å². The number of nitrogens with one attached hydrogen (secondary N) is 1. The largest absolute Gasteiger partial charge is 0.302 e. The third-order valence-corrected chi connectivity index (χ3v) is 4.54. The Kier molecular flexibility index (Phi) is 5.41. The average molecular weight is 376 g/mol. The molecule has 0 aliphatic carbocycles. The van der Waals surface area contributed by atoms with Crippen molar-refractivity contribution in [3.63, 3.8) is 0 Å². The van der Waals surface area contributed by atoms with Gasteiger partial charge in [-0.2, -0.15) is 0 Å². The van der Waals surface area contributed by atoms with Gasteiger partial charge >= 0.3 is 0 Å². The fourth-order valence-electron chi connectivity index (χ4n) is 1.92. The van der Waals surface area contributed by atoms with E-state index in [1.54, 1.807) is 0 Å². The summed E-state index contributed by atoms with van der Waals surface area (Å²) in [5, 5.41) is 3.50. The summed E-state index contributed by atoms with van der Waals surface area (Å²) in [7, 11) is 0. The molecule has 0 saturated heterocycles. The van der Waals surface area contributed by atoms with Gasteiger partial charge in [-0.15, -0.1) is 11.6 Å². The number of thiazole rings is 1. The third-order valence-electron chi connectivity index (χ3n) is 2.90. The fourth-order valence-corrected chi connectivity index (χ4v) is 3.64. The molecule has 0 radical (unpaired) electrons. The van der Waals surface area contributed by atoms with E-state index >= 15 is 0 Å². The zero-order valence-corrected chi connectivity index (χ0v) is 14.5. The van der Waals surface area contributed by atoms with Crippen LogP contribution in [0, 0.1) is 0 Å². The number of hydrogen-bond acceptors (Lipinski definition) is 3. The number of amides is 1. The van der Waals surface area contributed by atoms with Gasteiger partial charge in [-0.25, -0.2) is 4.98 Å². The van der Waals surface area contributed by atoms with Gasteiger partial charge in [0.25, 0.3) is 0 Å². The van der Waals surface area contributed by atoms with Crippen LogP contribution in [0.3, 0.4) is 0 Å². The summed E-state index contributed by atoms with van der Waals surface area (Å²) in [6.45, 7) is 4.28. The summed E-state index contributed by atoms with van der Waals surface area (Å²) in [4.78, 5) is 16.3. The highest BCUT2D eigenvalue weighted by Crippen LogP contribution is 2.34. The predicted octanol–water partition coefficient (Wildman–Crippen LogP) is 5.14. The lowest BCUT2D eigenvalue weighted by Crippen LogP contribution is -2.10. The van der Waals surface area contributed by atoms with Crippen molar-refractivity contribution in [1.82, 2.24) is 4.98 Å². The van der Waals surface area contributed by atoms with E-state index in [1.165, 1.54) is 16.9 Å². The van der Waals surface area contributed by atoms with E-state index in [0.717, 1.165) is 14.7 Å². The van der Waals surface area contributed by atoms with Crippen molar-refractivity contribution in [2.45, 2.75) is 32.6 Å². The van der Waals surface area contributed by atoms with Gasteiger partial charge in [-0.3, -0.25) is 4.79 Å². The number of hydrogen-bond donors (Lipinski definition) is 1. The second-order valence-electron chi connectivity index (χ2n) is 4.86. The summed E-state index contributed by atoms with van der Waals surface area (Å²) in [5.74, 6) is 0.851. The summed E-state index contributed by atoms with van der Waals surface area (Å²) < 4.78 is 2.12. The molecular weight excluding hydrogens is 360 g/mol. The second-order valence-corrected chi connectivity index (χ2v) is 7.18. The summed E-state index contributed by atoms with van der Waals surface area (Å²) >= 11 is 10.6. The Labute approximate surface area is 135 Å². The minimum absolute atomic E-state index is 0.0325. The third kappa shape index (κ3) is 3.71. The molecule has 0 fully saturated rings. The van der Waals surface area contributed by atoms with Gasteiger partial charge in [-0.05, 0) is 30.0 Å². The van der Waals surface area contributed by atoms with Gasteiger partial charge in [0.1, 0.15) is 0 Å². The van der Waals surface area contributed by atoms with Crippen molar-refractivity contribution in [3.8, 4) is 0 Å². The van der Waals surface area contributed by atoms with Crippen LogP contribution in [0.25, 0.3) is 10.2 Å². The Bertz CT molecular complexity index is 627. The first-order chi connectivity index (χ1) is 9.51. The Morgan fingerprint density at radius 1 is 1.50 bits per heavy atom. The highest BCUT2D eigenvalue weighted by atomic mass is 79.9. The van der Waals surface area contributed by atoms with Crippen molar-refractivity contribution in [2.24, 2.45) is 0 Å². The maximum atomic E-state index is 11.7. The number of carbonyl (C=O) groups excluding carboxylic acids is 1. The predicted molar refractivity (Wildman–Crippen MR) is 90.0 cm³/mol. The SMILES string of the molecule is CC(C)c1cc(Br)cc2sc(NC(=O)CCCCl)nc12. The van der Waals surface area contributed by atoms with Crippen LogP contribution in [-0.2, 0) is 4.79 Å². The zero-order valence-electron chi connectivity index (χ0n) is 11.4. The molecule has 0 saturated carbocycles. The number of aromatic nitrogens is 1. The highest BCUT2D eigenvalue weighted by Gasteiger charge is 2.13. The van der Waals surface area contributed by atoms with E-state index in [4.69, 9.17) is 11.6 Å². The molecule has 0 atom stereocenters. The number of anilines is 1. The maximum absolute atomic E-state index is 11.7. The Balaban J connectivity index is 2.29. The number of carbonyl (C=O) groups is 1. The Morgan fingerprint density at radius 2 is 2.25 bits per heavy atom. The average Bonchev–Trinajstić information content (AvgIpc) is 2.76. The molecule has 0 bridgehead atoms. The summed E-state index contributed by atoms with van der Waals surface area (Å²) in [6, 6.07) is 4.12. The first-order valence-electron chi connectivity index (χ1n) is 6.47. The molecule has 6 heteroatoms. The summed E-state index contributed by atoms with van der Waals surface area (Å²) in [5.41, 5.74) is 2.16. The standard InChI is InChI=1S/C14H16BrClN2OS/c1-8(2)10-6-9(15)7-11-13(10)18-14(20-11)17-12(19)4-3-5-16/h6-8H,3-5H2,1-2H3,(H,17,18,19). The van der Waals surface area contributed by atoms with Crippen LogP contribution < -0.4 is 5.32 Å². The number of rotatable bonds is 5. The molecule has 108 valence electrons. The molecule has 1 aromatic carbocycles. The van der Waals surface area contributed by atoms with E-state index in [0.29, 0.717) is 29.8 Å². The molecule has 1 amide bonds. The lowest BCUT2D eigenvalue weighted by molar-refractivity contribution is -0.116. The van der Waals surface area contributed by atoms with Gasteiger partial charge in [0.05, 0.1) is 10.2 Å². The zero-order chi connectivity index (χ0) is 14.7. The van der Waals surface area contributed by atoms with E-state index in [-0.39, 0.29) is 5.91 Å². The topological polar surface area (TPSA) is 42.0 Å². The van der Waals surface area contributed by atoms with Crippen LogP contribution in [0.2, 0.25) is 0 Å². The molecule has 0 aliphatic heterocycles. The van der Waals surface area contributed by atoms with Gasteiger partial charge < -0.3 is 5.32 Å². The van der Waals surface area contributed by atoms with Gasteiger partial charge in [0.15, 0.2) is 5.13 Å². The minimum atomic E-state index is -0.0325. The van der Waals surface area contributed by atoms with Crippen LogP contribution in [0.15, 0.2) is 16.6 Å². The number of benzene rings is 1. The number of nitrogens with zero attached hydrogens (tertiary/aromatic N) is 1. The number of alkyl halides is 1. The number of halogens is 2. The van der Waals surface area contributed by atoms with Crippen molar-refractivity contribution < 1.29 is 4.79 Å². The monoisotopic (exact) mass is 374 g/mol. The van der Waals surface area contributed by atoms with Crippen molar-refractivity contribution in [3.05, 3.63) is 22.2 Å². The highest BCUT2D eigenvalue weighted by molar-refractivity contribution is 9.10. The smallest absolute Gasteiger partial charge is 0.226 e. The Morgan fingerprint density at radius 3 is 2.90 bits per heavy atom. The molecular formula is C14H16BrClN2OS. The molecule has 0 unspecified atom stereocenters. The molecule has 0 spiro atoms. The van der Waals surface area contributed by atoms with Crippen LogP contribution in [0.5, 0.6) is 0 Å². The van der Waals surface area contributed by atoms with Crippen LogP contribution >= 0.6 is 38.9 Å². The summed E-state index contributed by atoms with van der Waals surface area (Å²) in [6.07, 6.45) is 1.11. The van der Waals surface area contributed by atoms with Crippen LogP contribution in [0.4, 0.5) is 5.13 Å². The molecule has 2 rings (SSSR count). The fraction of sp³-hybridized carbons (Fsp3) is 0.429. The Hall–Kier alpha value is -0.650. The maximum Gasteiger partial charge on any atom is 0.226 e. The second kappa shape index (κ2) is 6.87. The molecule has 20 heavy (non-hydrogen) atoms. The van der Waals surface area contributed by atoms with Crippen molar-refractivity contribution in [2.75, 3.05) is 11.2 Å². The van der Waals surface area contributed by atoms with Crippen LogP contribution in [0.1, 0.15) is 38.2 Å². The molecule has 1 N–H and O–H groups in total. The first kappa shape index (κ1) is 15.7. The molecule has 0 aliphatic rings. The lowest BCUT2D eigenvalue weighted by Gasteiger charge is -2.06. The van der Waals surface area contributed by atoms with E-state index < -0.39 is 0 Å². The quantitative estimate of drug-likeness (QED) is 0.735. The van der Waals surface area contributed by atoms with Gasteiger partial charge in [-0.1, -0.05) is 41.1 Å². The van der Waals surface area contributed by atoms with E-state index in [1.807, 2.05) is 6.07 Å². The lowest BCUT2D eigenvalue weighted by atomic mass is 10.0. The van der Waals surface area contributed by atoms with Crippen LogP contribution in [-0.4, -0.2) is 16.8 Å². The molecule has 3 nitrogen and oxygen atoms in total. The molecule has 1 heterocycles. The normalized spacial score (nSPS) is 11.2. The first-order valence-corrected chi connectivity index (χ1v) is 8.61. The van der Waals surface area contributed by atoms with E-state index in [9.17, 15) is 4.79 Å².